The number of benzene rings is 1. The van der Waals surface area contributed by atoms with Gasteiger partial charge in [0.1, 0.15) is 5.76 Å². The lowest BCUT2D eigenvalue weighted by atomic mass is 9.84. The van der Waals surface area contributed by atoms with Crippen LogP contribution in [0.4, 0.5) is 0 Å². The van der Waals surface area contributed by atoms with Gasteiger partial charge >= 0.3 is 5.97 Å². The van der Waals surface area contributed by atoms with Crippen LogP contribution in [0.15, 0.2) is 35.7 Å². The highest BCUT2D eigenvalue weighted by Crippen LogP contribution is 2.32. The summed E-state index contributed by atoms with van der Waals surface area (Å²) in [6, 6.07) is 7.76. The first-order valence-corrected chi connectivity index (χ1v) is 7.52. The number of alkyl halides is 1. The third-order valence-electron chi connectivity index (χ3n) is 3.57. The molecule has 1 aromatic carbocycles. The Kier molecular flexibility index (Phi) is 4.78. The Bertz CT molecular complexity index is 570. The van der Waals surface area contributed by atoms with E-state index >= 15 is 0 Å². The number of aliphatic hydroxyl groups is 1. The third-order valence-corrected chi connectivity index (χ3v) is 3.84. The van der Waals surface area contributed by atoms with Gasteiger partial charge in [0.2, 0.25) is 0 Å². The molecule has 1 heterocycles. The van der Waals surface area contributed by atoms with E-state index in [2.05, 4.69) is 5.32 Å². The lowest BCUT2D eigenvalue weighted by Crippen LogP contribution is -2.55. The largest absolute Gasteiger partial charge is 0.508 e. The minimum atomic E-state index is -0.479. The average Bonchev–Trinajstić information content (AvgIpc) is 2.45. The zero-order chi connectivity index (χ0) is 15.5. The maximum Gasteiger partial charge on any atom is 0.310 e. The number of carbonyl (C=O) groups is 1. The Hall–Kier alpha value is -1.68. The molecule has 1 atom stereocenters. The predicted octanol–water partition coefficient (Wildman–Crippen LogP) is 2.71. The Morgan fingerprint density at radius 1 is 1.43 bits per heavy atom. The summed E-state index contributed by atoms with van der Waals surface area (Å²) in [5.41, 5.74) is 2.16. The number of halogens is 1. The predicted molar refractivity (Wildman–Crippen MR) is 82.4 cm³/mol. The summed E-state index contributed by atoms with van der Waals surface area (Å²) < 4.78 is 4.95. The zero-order valence-corrected chi connectivity index (χ0v) is 13.0. The number of hydrogen-bond donors (Lipinski definition) is 2. The number of allylic oxidation sites excluding steroid dienone is 1. The van der Waals surface area contributed by atoms with Crippen LogP contribution in [0.3, 0.4) is 0 Å². The van der Waals surface area contributed by atoms with Crippen molar-refractivity contribution in [1.29, 1.82) is 0 Å². The third kappa shape index (κ3) is 3.50. The van der Waals surface area contributed by atoms with E-state index in [1.807, 2.05) is 31.2 Å². The van der Waals surface area contributed by atoms with Gasteiger partial charge in [0, 0.05) is 6.42 Å². The summed E-state index contributed by atoms with van der Waals surface area (Å²) >= 11 is 5.71. The molecule has 0 aromatic heterocycles. The summed E-state index contributed by atoms with van der Waals surface area (Å²) in [5.74, 6) is 0.368. The molecule has 21 heavy (non-hydrogen) atoms. The van der Waals surface area contributed by atoms with Crippen LogP contribution in [-0.4, -0.2) is 29.1 Å². The lowest BCUT2D eigenvalue weighted by molar-refractivity contribution is -0.142. The Balaban J connectivity index is 2.06. The number of esters is 1. The van der Waals surface area contributed by atoms with Crippen molar-refractivity contribution in [1.82, 2.24) is 5.32 Å². The molecule has 5 heteroatoms. The van der Waals surface area contributed by atoms with Gasteiger partial charge in [0.05, 0.1) is 30.1 Å². The van der Waals surface area contributed by atoms with Crippen molar-refractivity contribution in [3.05, 3.63) is 46.8 Å². The second-order valence-electron chi connectivity index (χ2n) is 5.40. The zero-order valence-electron chi connectivity index (χ0n) is 12.3. The van der Waals surface area contributed by atoms with Crippen molar-refractivity contribution in [2.45, 2.75) is 32.2 Å². The van der Waals surface area contributed by atoms with E-state index in [0.717, 1.165) is 11.1 Å². The molecule has 0 amide bonds. The molecule has 2 rings (SSSR count). The maximum absolute atomic E-state index is 11.5. The first-order chi connectivity index (χ1) is 9.98. The van der Waals surface area contributed by atoms with Crippen molar-refractivity contribution in [2.24, 2.45) is 0 Å². The topological polar surface area (TPSA) is 58.6 Å². The van der Waals surface area contributed by atoms with Gasteiger partial charge < -0.3 is 15.2 Å². The van der Waals surface area contributed by atoms with Crippen molar-refractivity contribution >= 4 is 17.6 Å². The molecule has 0 bridgehead atoms. The molecular weight excluding hydrogens is 290 g/mol. The number of ether oxygens (including phenoxy) is 1. The second kappa shape index (κ2) is 6.39. The number of nitrogens with one attached hydrogen (secondary N) is 1. The van der Waals surface area contributed by atoms with Gasteiger partial charge in [-0.25, -0.2) is 0 Å². The van der Waals surface area contributed by atoms with E-state index in [9.17, 15) is 9.90 Å². The molecule has 1 aliphatic heterocycles. The van der Waals surface area contributed by atoms with Crippen molar-refractivity contribution < 1.29 is 14.6 Å². The summed E-state index contributed by atoms with van der Waals surface area (Å²) in [6.45, 7) is 4.11. The monoisotopic (exact) mass is 309 g/mol. The molecule has 0 saturated heterocycles. The highest BCUT2D eigenvalue weighted by Gasteiger charge is 2.40. The Labute approximate surface area is 129 Å². The molecule has 1 aromatic rings. The first-order valence-electron chi connectivity index (χ1n) is 6.98. The van der Waals surface area contributed by atoms with Crippen LogP contribution in [0.25, 0.3) is 0 Å². The van der Waals surface area contributed by atoms with Crippen LogP contribution < -0.4 is 5.32 Å². The Morgan fingerprint density at radius 2 is 2.14 bits per heavy atom. The number of aliphatic hydroxyl groups excluding tert-OH is 1. The van der Waals surface area contributed by atoms with E-state index < -0.39 is 5.54 Å². The molecule has 4 nitrogen and oxygen atoms in total. The van der Waals surface area contributed by atoms with E-state index in [4.69, 9.17) is 16.3 Å². The highest BCUT2D eigenvalue weighted by molar-refractivity contribution is 6.19. The summed E-state index contributed by atoms with van der Waals surface area (Å²) in [7, 11) is 0. The highest BCUT2D eigenvalue weighted by atomic mass is 35.5. The summed E-state index contributed by atoms with van der Waals surface area (Å²) in [4.78, 5) is 11.5. The fourth-order valence-electron chi connectivity index (χ4n) is 2.58. The molecule has 0 saturated carbocycles. The molecule has 0 spiro atoms. The van der Waals surface area contributed by atoms with E-state index in [0.29, 0.717) is 24.5 Å². The van der Waals surface area contributed by atoms with Crippen LogP contribution >= 0.6 is 11.6 Å². The van der Waals surface area contributed by atoms with Crippen LogP contribution in [0.2, 0.25) is 0 Å². The number of carbonyl (C=O) groups excluding carboxylic acids is 1. The molecule has 0 fully saturated rings. The summed E-state index contributed by atoms with van der Waals surface area (Å²) in [5, 5.41) is 13.2. The normalized spacial score (nSPS) is 20.7. The van der Waals surface area contributed by atoms with E-state index in [1.54, 1.807) is 6.92 Å². The quantitative estimate of drug-likeness (QED) is 0.626. The molecule has 114 valence electrons. The molecule has 0 radical (unpaired) electrons. The van der Waals surface area contributed by atoms with Crippen molar-refractivity contribution in [3.8, 4) is 0 Å². The standard InChI is InChI=1S/C16H20ClNO3/c1-3-21-14(19)8-11-5-4-6-12(7-11)9-16(2)15(20)13(10-17)18-16/h4-7,18,20H,3,8-10H2,1-2H3. The van der Waals surface area contributed by atoms with Crippen LogP contribution in [0.5, 0.6) is 0 Å². The van der Waals surface area contributed by atoms with Crippen molar-refractivity contribution in [2.75, 3.05) is 12.5 Å². The van der Waals surface area contributed by atoms with Crippen LogP contribution in [0, 0.1) is 0 Å². The fraction of sp³-hybridized carbons (Fsp3) is 0.438. The van der Waals surface area contributed by atoms with Gasteiger partial charge in [0.25, 0.3) is 0 Å². The van der Waals surface area contributed by atoms with Gasteiger partial charge in [0.15, 0.2) is 0 Å². The Morgan fingerprint density at radius 3 is 2.76 bits per heavy atom. The van der Waals surface area contributed by atoms with Gasteiger partial charge in [-0.15, -0.1) is 11.6 Å². The first kappa shape index (κ1) is 15.7. The maximum atomic E-state index is 11.5. The van der Waals surface area contributed by atoms with Gasteiger partial charge in [-0.2, -0.15) is 0 Å². The number of rotatable bonds is 6. The molecule has 2 N–H and O–H groups in total. The van der Waals surface area contributed by atoms with Gasteiger partial charge in [-0.3, -0.25) is 4.79 Å². The minimum Gasteiger partial charge on any atom is -0.508 e. The van der Waals surface area contributed by atoms with Crippen LogP contribution in [0.1, 0.15) is 25.0 Å². The molecule has 1 unspecified atom stereocenters. The SMILES string of the molecule is CCOC(=O)Cc1cccc(CC2(C)NC(CCl)=C2O)c1. The van der Waals surface area contributed by atoms with Crippen LogP contribution in [-0.2, 0) is 22.4 Å². The fourth-order valence-corrected chi connectivity index (χ4v) is 2.78. The minimum absolute atomic E-state index is 0.227. The smallest absolute Gasteiger partial charge is 0.310 e. The average molecular weight is 310 g/mol. The van der Waals surface area contributed by atoms with E-state index in [-0.39, 0.29) is 18.3 Å². The van der Waals surface area contributed by atoms with E-state index in [1.165, 1.54) is 0 Å². The lowest BCUT2D eigenvalue weighted by Gasteiger charge is -2.41. The summed E-state index contributed by atoms with van der Waals surface area (Å²) in [6.07, 6.45) is 0.899. The molecule has 1 aliphatic rings. The van der Waals surface area contributed by atoms with Crippen molar-refractivity contribution in [3.63, 3.8) is 0 Å². The van der Waals surface area contributed by atoms with Gasteiger partial charge in [-0.05, 0) is 25.0 Å². The second-order valence-corrected chi connectivity index (χ2v) is 5.66. The van der Waals surface area contributed by atoms with Gasteiger partial charge in [-0.1, -0.05) is 24.3 Å². The number of hydrogen-bond acceptors (Lipinski definition) is 4. The molecular formula is C16H20ClNO3. The molecule has 0 aliphatic carbocycles.